The number of methoxy groups -OCH3 is 1. The van der Waals surface area contributed by atoms with E-state index in [2.05, 4.69) is 54.6 Å². The van der Waals surface area contributed by atoms with E-state index in [9.17, 15) is 0 Å². The fourth-order valence-corrected chi connectivity index (χ4v) is 2.23. The Morgan fingerprint density at radius 1 is 0.700 bits per heavy atom. The van der Waals surface area contributed by atoms with E-state index in [0.29, 0.717) is 0 Å². The Morgan fingerprint density at radius 3 is 1.95 bits per heavy atom. The molecular formula is C19H15O. The van der Waals surface area contributed by atoms with E-state index in [1.54, 1.807) is 7.11 Å². The van der Waals surface area contributed by atoms with Gasteiger partial charge in [-0.3, -0.25) is 0 Å². The maximum atomic E-state index is 5.21. The highest BCUT2D eigenvalue weighted by atomic mass is 16.5. The summed E-state index contributed by atoms with van der Waals surface area (Å²) in [4.78, 5) is 0. The molecule has 0 N–H and O–H groups in total. The monoisotopic (exact) mass is 259 g/mol. The molecule has 3 aromatic carbocycles. The van der Waals surface area contributed by atoms with Gasteiger partial charge in [-0.15, -0.1) is 0 Å². The van der Waals surface area contributed by atoms with Gasteiger partial charge in [0, 0.05) is 6.07 Å². The molecule has 0 unspecified atom stereocenters. The smallest absolute Gasteiger partial charge is 0.127 e. The Bertz CT molecular complexity index is 684. The molecule has 3 rings (SSSR count). The molecular weight excluding hydrogens is 244 g/mol. The van der Waals surface area contributed by atoms with Crippen LogP contribution in [0.5, 0.6) is 5.75 Å². The lowest BCUT2D eigenvalue weighted by atomic mass is 10.0. The summed E-state index contributed by atoms with van der Waals surface area (Å²) in [5.41, 5.74) is 4.78. The number of rotatable bonds is 3. The maximum Gasteiger partial charge on any atom is 0.127 e. The van der Waals surface area contributed by atoms with Crippen LogP contribution in [-0.2, 0) is 0 Å². The molecule has 0 saturated carbocycles. The summed E-state index contributed by atoms with van der Waals surface area (Å²) in [5.74, 6) is 0.759. The fraction of sp³-hybridized carbons (Fsp3) is 0.0526. The fourth-order valence-electron chi connectivity index (χ4n) is 2.23. The van der Waals surface area contributed by atoms with Gasteiger partial charge < -0.3 is 4.74 Å². The summed E-state index contributed by atoms with van der Waals surface area (Å²) in [7, 11) is 1.66. The molecule has 0 atom stereocenters. The first-order chi connectivity index (χ1) is 9.86. The molecule has 3 aromatic rings. The Balaban J connectivity index is 1.93. The maximum absolute atomic E-state index is 5.21. The van der Waals surface area contributed by atoms with Crippen LogP contribution in [0.25, 0.3) is 22.3 Å². The van der Waals surface area contributed by atoms with E-state index in [0.717, 1.165) is 11.3 Å². The third kappa shape index (κ3) is 2.57. The van der Waals surface area contributed by atoms with Crippen molar-refractivity contribution in [3.05, 3.63) is 78.9 Å². The molecule has 0 bridgehead atoms. The first kappa shape index (κ1) is 12.5. The number of ether oxygens (including phenoxy) is 1. The summed E-state index contributed by atoms with van der Waals surface area (Å²) in [6, 6.07) is 27.9. The molecule has 0 aromatic heterocycles. The minimum Gasteiger partial charge on any atom is -0.496 e. The van der Waals surface area contributed by atoms with Crippen LogP contribution < -0.4 is 4.74 Å². The van der Waals surface area contributed by atoms with Gasteiger partial charge in [0.15, 0.2) is 0 Å². The summed E-state index contributed by atoms with van der Waals surface area (Å²) in [6.45, 7) is 0. The van der Waals surface area contributed by atoms with Crippen molar-refractivity contribution in [2.45, 2.75) is 0 Å². The van der Waals surface area contributed by atoms with Gasteiger partial charge in [0.2, 0.25) is 0 Å². The van der Waals surface area contributed by atoms with Gasteiger partial charge in [0.05, 0.1) is 7.11 Å². The molecule has 1 nitrogen and oxygen atoms in total. The van der Waals surface area contributed by atoms with Crippen LogP contribution in [0.1, 0.15) is 0 Å². The predicted molar refractivity (Wildman–Crippen MR) is 82.7 cm³/mol. The van der Waals surface area contributed by atoms with Crippen LogP contribution in [0.3, 0.4) is 0 Å². The van der Waals surface area contributed by atoms with E-state index in [1.807, 2.05) is 24.3 Å². The van der Waals surface area contributed by atoms with Gasteiger partial charge in [0.25, 0.3) is 0 Å². The molecule has 20 heavy (non-hydrogen) atoms. The Kier molecular flexibility index (Phi) is 3.51. The lowest BCUT2D eigenvalue weighted by Crippen LogP contribution is -1.84. The zero-order chi connectivity index (χ0) is 13.8. The van der Waals surface area contributed by atoms with Crippen LogP contribution in [0.2, 0.25) is 0 Å². The van der Waals surface area contributed by atoms with Gasteiger partial charge in [-0.05, 0) is 34.4 Å². The molecule has 0 aliphatic carbocycles. The highest BCUT2D eigenvalue weighted by Crippen LogP contribution is 2.26. The molecule has 1 heteroatoms. The average Bonchev–Trinajstić information content (AvgIpc) is 2.56. The topological polar surface area (TPSA) is 9.23 Å². The minimum absolute atomic E-state index is 0.759. The van der Waals surface area contributed by atoms with E-state index in [4.69, 9.17) is 4.74 Å². The standard InChI is InChI=1S/C19H15O/c1-20-19-9-5-8-18(14-19)17-12-10-16(11-13-17)15-6-3-2-4-7-15/h2-8,10-14H,1H3. The molecule has 0 fully saturated rings. The minimum atomic E-state index is 0.759. The third-order valence-corrected chi connectivity index (χ3v) is 3.32. The van der Waals surface area contributed by atoms with Gasteiger partial charge in [-0.1, -0.05) is 60.7 Å². The van der Waals surface area contributed by atoms with Crippen LogP contribution in [-0.4, -0.2) is 7.11 Å². The highest BCUT2D eigenvalue weighted by molar-refractivity contribution is 5.70. The molecule has 0 aliphatic rings. The Labute approximate surface area is 119 Å². The van der Waals surface area contributed by atoms with Crippen LogP contribution >= 0.6 is 0 Å². The average molecular weight is 259 g/mol. The predicted octanol–water partition coefficient (Wildman–Crippen LogP) is 4.83. The second-order valence-electron chi connectivity index (χ2n) is 4.59. The molecule has 0 saturated heterocycles. The van der Waals surface area contributed by atoms with Crippen LogP contribution in [0, 0.1) is 6.07 Å². The summed E-state index contributed by atoms with van der Waals surface area (Å²) < 4.78 is 5.21. The van der Waals surface area contributed by atoms with Crippen molar-refractivity contribution in [2.24, 2.45) is 0 Å². The second-order valence-corrected chi connectivity index (χ2v) is 4.59. The van der Waals surface area contributed by atoms with Gasteiger partial charge in [-0.2, -0.15) is 0 Å². The molecule has 0 heterocycles. The first-order valence-electron chi connectivity index (χ1n) is 6.58. The number of hydrogen-bond donors (Lipinski definition) is 0. The summed E-state index contributed by atoms with van der Waals surface area (Å²) in [5, 5.41) is 0. The third-order valence-electron chi connectivity index (χ3n) is 3.32. The molecule has 0 aliphatic heterocycles. The number of benzene rings is 3. The zero-order valence-corrected chi connectivity index (χ0v) is 11.3. The summed E-state index contributed by atoms with van der Waals surface area (Å²) >= 11 is 0. The number of hydrogen-bond acceptors (Lipinski definition) is 1. The van der Waals surface area contributed by atoms with Crippen molar-refractivity contribution >= 4 is 0 Å². The Morgan fingerprint density at radius 2 is 1.30 bits per heavy atom. The van der Waals surface area contributed by atoms with Gasteiger partial charge in [-0.25, -0.2) is 0 Å². The van der Waals surface area contributed by atoms with E-state index in [1.165, 1.54) is 16.7 Å². The quantitative estimate of drug-likeness (QED) is 0.654. The van der Waals surface area contributed by atoms with Crippen molar-refractivity contribution in [3.63, 3.8) is 0 Å². The van der Waals surface area contributed by atoms with Gasteiger partial charge in [0.1, 0.15) is 5.75 Å². The second kappa shape index (κ2) is 5.62. The van der Waals surface area contributed by atoms with E-state index < -0.39 is 0 Å². The molecule has 97 valence electrons. The van der Waals surface area contributed by atoms with E-state index in [-0.39, 0.29) is 0 Å². The Hall–Kier alpha value is -2.54. The SMILES string of the molecule is COc1[c]ccc(-c2ccc(-c3ccccc3)cc2)c1. The van der Waals surface area contributed by atoms with Crippen LogP contribution in [0.4, 0.5) is 0 Å². The van der Waals surface area contributed by atoms with Gasteiger partial charge >= 0.3 is 0 Å². The zero-order valence-electron chi connectivity index (χ0n) is 11.3. The van der Waals surface area contributed by atoms with E-state index >= 15 is 0 Å². The van der Waals surface area contributed by atoms with Crippen molar-refractivity contribution in [1.82, 2.24) is 0 Å². The van der Waals surface area contributed by atoms with Crippen molar-refractivity contribution in [2.75, 3.05) is 7.11 Å². The van der Waals surface area contributed by atoms with Crippen molar-refractivity contribution in [1.29, 1.82) is 0 Å². The van der Waals surface area contributed by atoms with Crippen molar-refractivity contribution < 1.29 is 4.74 Å². The largest absolute Gasteiger partial charge is 0.496 e. The van der Waals surface area contributed by atoms with Crippen LogP contribution in [0.15, 0.2) is 72.8 Å². The molecule has 1 radical (unpaired) electrons. The first-order valence-corrected chi connectivity index (χ1v) is 6.58. The lowest BCUT2D eigenvalue weighted by molar-refractivity contribution is 0.414. The highest BCUT2D eigenvalue weighted by Gasteiger charge is 2.01. The lowest BCUT2D eigenvalue weighted by Gasteiger charge is -2.06. The normalized spacial score (nSPS) is 10.2. The molecule has 0 amide bonds. The molecule has 0 spiro atoms. The van der Waals surface area contributed by atoms with Crippen molar-refractivity contribution in [3.8, 4) is 28.0 Å². The summed E-state index contributed by atoms with van der Waals surface area (Å²) in [6.07, 6.45) is 0.